The molecule has 2 aliphatic rings. The summed E-state index contributed by atoms with van der Waals surface area (Å²) in [5, 5.41) is 14.1. The van der Waals surface area contributed by atoms with Gasteiger partial charge in [-0.2, -0.15) is 0 Å². The lowest BCUT2D eigenvalue weighted by molar-refractivity contribution is -0.165. The number of ether oxygens (including phenoxy) is 2. The Morgan fingerprint density at radius 3 is 2.95 bits per heavy atom. The third kappa shape index (κ3) is 2.40. The van der Waals surface area contributed by atoms with Crippen molar-refractivity contribution in [1.82, 2.24) is 24.8 Å². The Morgan fingerprint density at radius 2 is 2.18 bits per heavy atom. The molecule has 8 heteroatoms. The Morgan fingerprint density at radius 1 is 1.32 bits per heavy atom. The second-order valence-corrected chi connectivity index (χ2v) is 5.52. The van der Waals surface area contributed by atoms with Gasteiger partial charge in [0.15, 0.2) is 6.29 Å². The van der Waals surface area contributed by atoms with Gasteiger partial charge in [0.1, 0.15) is 18.5 Å². The molecule has 2 bridgehead atoms. The molecule has 116 valence electrons. The van der Waals surface area contributed by atoms with E-state index in [4.69, 9.17) is 9.47 Å². The van der Waals surface area contributed by atoms with E-state index in [0.29, 0.717) is 13.2 Å². The van der Waals surface area contributed by atoms with Crippen LogP contribution in [-0.2, 0) is 16.0 Å². The lowest BCUT2D eigenvalue weighted by atomic mass is 9.95. The van der Waals surface area contributed by atoms with Crippen molar-refractivity contribution in [3.8, 4) is 0 Å². The molecule has 2 aromatic heterocycles. The molecule has 8 nitrogen and oxygen atoms in total. The number of rotatable bonds is 4. The first-order valence-corrected chi connectivity index (χ1v) is 7.23. The monoisotopic (exact) mass is 303 g/mol. The van der Waals surface area contributed by atoms with Crippen molar-refractivity contribution in [2.75, 3.05) is 6.61 Å². The molecular weight excluding hydrogens is 286 g/mol. The highest BCUT2D eigenvalue weighted by Gasteiger charge is 2.50. The number of aliphatic hydroxyl groups excluding tert-OH is 1. The average Bonchev–Trinajstić information content (AvgIpc) is 3.20. The normalized spacial score (nSPS) is 34.0. The molecule has 0 radical (unpaired) electrons. The maximum Gasteiger partial charge on any atom is 0.181 e. The summed E-state index contributed by atoms with van der Waals surface area (Å²) < 4.78 is 13.4. The lowest BCUT2D eigenvalue weighted by Crippen LogP contribution is -2.57. The summed E-state index contributed by atoms with van der Waals surface area (Å²) in [5.41, 5.74) is 0.954. The van der Waals surface area contributed by atoms with Gasteiger partial charge < -0.3 is 24.5 Å². The van der Waals surface area contributed by atoms with Crippen molar-refractivity contribution in [2.45, 2.75) is 37.1 Å². The number of nitrogens with one attached hydrogen (secondary N) is 1. The Bertz CT molecular complexity index is 608. The molecule has 2 saturated heterocycles. The van der Waals surface area contributed by atoms with E-state index in [1.807, 2.05) is 4.57 Å². The van der Waals surface area contributed by atoms with E-state index in [0.717, 1.165) is 5.56 Å². The molecule has 2 aromatic rings. The van der Waals surface area contributed by atoms with Gasteiger partial charge in [-0.3, -0.25) is 0 Å². The van der Waals surface area contributed by atoms with Crippen LogP contribution >= 0.6 is 0 Å². The number of hydrogen-bond donors (Lipinski definition) is 2. The smallest absolute Gasteiger partial charge is 0.181 e. The van der Waals surface area contributed by atoms with Gasteiger partial charge in [-0.05, 0) is 0 Å². The minimum atomic E-state index is -0.634. The van der Waals surface area contributed by atoms with E-state index in [-0.39, 0.29) is 18.2 Å². The molecule has 5 unspecified atom stereocenters. The van der Waals surface area contributed by atoms with Gasteiger partial charge in [0.2, 0.25) is 0 Å². The number of aromatic nitrogens is 4. The minimum absolute atomic E-state index is 0.163. The van der Waals surface area contributed by atoms with Crippen molar-refractivity contribution in [3.63, 3.8) is 0 Å². The number of hydrogen-bond acceptors (Lipinski definition) is 7. The SMILES string of the molecule is OC1C(NCc2cncnc2)C2COC(O2)C1n1ccnc1. The quantitative estimate of drug-likeness (QED) is 0.785. The maximum atomic E-state index is 10.8. The summed E-state index contributed by atoms with van der Waals surface area (Å²) in [6.45, 7) is 1.03. The van der Waals surface area contributed by atoms with Crippen molar-refractivity contribution < 1.29 is 14.6 Å². The van der Waals surface area contributed by atoms with Crippen LogP contribution in [0.4, 0.5) is 0 Å². The van der Waals surface area contributed by atoms with Crippen molar-refractivity contribution in [1.29, 1.82) is 0 Å². The van der Waals surface area contributed by atoms with Gasteiger partial charge in [0.25, 0.3) is 0 Å². The van der Waals surface area contributed by atoms with E-state index in [2.05, 4.69) is 20.3 Å². The minimum Gasteiger partial charge on any atom is -0.389 e. The van der Waals surface area contributed by atoms with Crippen molar-refractivity contribution in [2.24, 2.45) is 0 Å². The van der Waals surface area contributed by atoms with Gasteiger partial charge in [0.05, 0.1) is 25.1 Å². The third-order valence-electron chi connectivity index (χ3n) is 4.16. The van der Waals surface area contributed by atoms with Gasteiger partial charge in [-0.15, -0.1) is 0 Å². The summed E-state index contributed by atoms with van der Waals surface area (Å²) in [6.07, 6.45) is 8.91. The molecule has 2 N–H and O–H groups in total. The zero-order valence-electron chi connectivity index (χ0n) is 11.8. The molecular formula is C14H17N5O3. The second kappa shape index (κ2) is 5.73. The van der Waals surface area contributed by atoms with E-state index < -0.39 is 12.4 Å². The fourth-order valence-electron chi connectivity index (χ4n) is 3.07. The van der Waals surface area contributed by atoms with E-state index in [9.17, 15) is 5.11 Å². The predicted molar refractivity (Wildman–Crippen MR) is 74.5 cm³/mol. The molecule has 0 aromatic carbocycles. The summed E-state index contributed by atoms with van der Waals surface area (Å²) in [4.78, 5) is 12.0. The van der Waals surface area contributed by atoms with Crippen LogP contribution in [0.1, 0.15) is 11.6 Å². The number of fused-ring (bicyclic) bond motifs is 2. The topological polar surface area (TPSA) is 94.3 Å². The highest BCUT2D eigenvalue weighted by molar-refractivity contribution is 5.05. The fourth-order valence-corrected chi connectivity index (χ4v) is 3.07. The number of imidazole rings is 1. The predicted octanol–water partition coefficient (Wildman–Crippen LogP) is -0.511. The molecule has 2 aliphatic heterocycles. The van der Waals surface area contributed by atoms with E-state index >= 15 is 0 Å². The van der Waals surface area contributed by atoms with Gasteiger partial charge in [-0.25, -0.2) is 15.0 Å². The Balaban J connectivity index is 1.51. The molecule has 2 fully saturated rings. The van der Waals surface area contributed by atoms with Gasteiger partial charge >= 0.3 is 0 Å². The van der Waals surface area contributed by atoms with Crippen LogP contribution in [0.2, 0.25) is 0 Å². The Labute approximate surface area is 127 Å². The van der Waals surface area contributed by atoms with Crippen LogP contribution in [0.5, 0.6) is 0 Å². The first-order valence-electron chi connectivity index (χ1n) is 7.23. The summed E-state index contributed by atoms with van der Waals surface area (Å²) in [6, 6.07) is -0.544. The van der Waals surface area contributed by atoms with Gasteiger partial charge in [-0.1, -0.05) is 0 Å². The van der Waals surface area contributed by atoms with Crippen LogP contribution in [0.3, 0.4) is 0 Å². The number of aliphatic hydroxyl groups is 1. The Kier molecular flexibility index (Phi) is 3.59. The molecule has 0 saturated carbocycles. The second-order valence-electron chi connectivity index (χ2n) is 5.52. The van der Waals surface area contributed by atoms with Crippen LogP contribution in [0.25, 0.3) is 0 Å². The molecule has 5 atom stereocenters. The molecule has 0 spiro atoms. The first-order chi connectivity index (χ1) is 10.8. The summed E-state index contributed by atoms with van der Waals surface area (Å²) in [7, 11) is 0. The molecule has 0 amide bonds. The maximum absolute atomic E-state index is 10.8. The van der Waals surface area contributed by atoms with Crippen molar-refractivity contribution in [3.05, 3.63) is 43.0 Å². The largest absolute Gasteiger partial charge is 0.389 e. The molecule has 4 heterocycles. The highest BCUT2D eigenvalue weighted by Crippen LogP contribution is 2.35. The lowest BCUT2D eigenvalue weighted by Gasteiger charge is -2.39. The van der Waals surface area contributed by atoms with Crippen LogP contribution in [0, 0.1) is 0 Å². The van der Waals surface area contributed by atoms with E-state index in [1.54, 1.807) is 31.1 Å². The van der Waals surface area contributed by atoms with Crippen LogP contribution in [-0.4, -0.2) is 55.8 Å². The highest BCUT2D eigenvalue weighted by atomic mass is 16.7. The molecule has 22 heavy (non-hydrogen) atoms. The molecule has 0 aliphatic carbocycles. The average molecular weight is 303 g/mol. The standard InChI is InChI=1S/C14H17N5O3/c20-13-11(18-5-9-3-16-7-17-4-9)10-6-21-14(22-10)12(13)19-2-1-15-8-19/h1-4,7-8,10-14,18,20H,5-6H2. The summed E-state index contributed by atoms with van der Waals surface area (Å²) in [5.74, 6) is 0. The zero-order chi connectivity index (χ0) is 14.9. The molecule has 4 rings (SSSR count). The van der Waals surface area contributed by atoms with Crippen LogP contribution < -0.4 is 5.32 Å². The summed E-state index contributed by atoms with van der Waals surface area (Å²) >= 11 is 0. The zero-order valence-corrected chi connectivity index (χ0v) is 11.8. The van der Waals surface area contributed by atoms with Gasteiger partial charge in [0, 0.05) is 36.9 Å². The van der Waals surface area contributed by atoms with Crippen LogP contribution in [0.15, 0.2) is 37.4 Å². The Hall–Kier alpha value is -1.87. The fraction of sp³-hybridized carbons (Fsp3) is 0.500. The third-order valence-corrected chi connectivity index (χ3v) is 4.16. The number of nitrogens with zero attached hydrogens (tertiary/aromatic N) is 4. The van der Waals surface area contributed by atoms with Crippen molar-refractivity contribution >= 4 is 0 Å². The van der Waals surface area contributed by atoms with E-state index in [1.165, 1.54) is 6.33 Å². The first kappa shape index (κ1) is 13.8.